The molecule has 1 atom stereocenters. The first-order valence-corrected chi connectivity index (χ1v) is 10.5. The Balaban J connectivity index is 1.83. The fourth-order valence-electron chi connectivity index (χ4n) is 3.07. The Labute approximate surface area is 164 Å². The lowest BCUT2D eigenvalue weighted by atomic mass is 10.2. The summed E-state index contributed by atoms with van der Waals surface area (Å²) >= 11 is 0. The summed E-state index contributed by atoms with van der Waals surface area (Å²) in [6, 6.07) is 13.0. The first-order valence-electron chi connectivity index (χ1n) is 9.04. The van der Waals surface area contributed by atoms with E-state index in [0.29, 0.717) is 25.2 Å². The van der Waals surface area contributed by atoms with Crippen LogP contribution in [0.1, 0.15) is 29.8 Å². The normalized spacial score (nSPS) is 14.3. The third kappa shape index (κ3) is 3.87. The molecule has 0 spiro atoms. The van der Waals surface area contributed by atoms with Crippen LogP contribution in [0.15, 0.2) is 53.4 Å². The van der Waals surface area contributed by atoms with E-state index in [-0.39, 0.29) is 10.5 Å². The first-order chi connectivity index (χ1) is 13.3. The Kier molecular flexibility index (Phi) is 5.69. The van der Waals surface area contributed by atoms with E-state index in [1.54, 1.807) is 19.1 Å². The molecule has 0 fully saturated rings. The molecule has 3 rings (SSSR count). The quantitative estimate of drug-likeness (QED) is 0.747. The number of anilines is 1. The number of hydrogen-bond donors (Lipinski definition) is 1. The van der Waals surface area contributed by atoms with E-state index in [4.69, 9.17) is 4.74 Å². The number of hydrogen-bond acceptors (Lipinski definition) is 5. The topological polar surface area (TPSA) is 92.8 Å². The van der Waals surface area contributed by atoms with Gasteiger partial charge >= 0.3 is 5.97 Å². The second-order valence-corrected chi connectivity index (χ2v) is 8.29. The number of benzene rings is 2. The monoisotopic (exact) mass is 402 g/mol. The Hall–Kier alpha value is -2.87. The Morgan fingerprint density at radius 3 is 2.68 bits per heavy atom. The molecular weight excluding hydrogens is 380 g/mol. The zero-order valence-corrected chi connectivity index (χ0v) is 16.5. The molecule has 1 aliphatic heterocycles. The molecule has 8 heteroatoms. The number of carbonyl (C=O) groups is 2. The van der Waals surface area contributed by atoms with Crippen molar-refractivity contribution in [3.05, 3.63) is 59.7 Å². The van der Waals surface area contributed by atoms with Gasteiger partial charge in [0.2, 0.25) is 0 Å². The summed E-state index contributed by atoms with van der Waals surface area (Å²) in [5, 5.41) is 2.57. The van der Waals surface area contributed by atoms with Crippen LogP contribution < -0.4 is 9.62 Å². The summed E-state index contributed by atoms with van der Waals surface area (Å²) in [5.74, 6) is -1.16. The van der Waals surface area contributed by atoms with Gasteiger partial charge in [-0.1, -0.05) is 24.3 Å². The molecule has 1 aliphatic rings. The summed E-state index contributed by atoms with van der Waals surface area (Å²) in [7, 11) is -3.82. The second kappa shape index (κ2) is 8.02. The summed E-state index contributed by atoms with van der Waals surface area (Å²) in [5.41, 5.74) is 1.70. The molecule has 0 bridgehead atoms. The molecule has 0 saturated carbocycles. The Morgan fingerprint density at radius 2 is 1.93 bits per heavy atom. The average molecular weight is 402 g/mol. The highest BCUT2D eigenvalue weighted by atomic mass is 32.2. The molecule has 0 aromatic heterocycles. The molecule has 2 aromatic rings. The molecular formula is C20H22N2O5S. The van der Waals surface area contributed by atoms with Gasteiger partial charge in [0.05, 0.1) is 16.1 Å². The number of nitrogens with one attached hydrogen (secondary N) is 1. The number of amides is 1. The minimum Gasteiger partial charge on any atom is -0.449 e. The van der Waals surface area contributed by atoms with Crippen LogP contribution in [0.2, 0.25) is 0 Å². The van der Waals surface area contributed by atoms with Gasteiger partial charge in [-0.3, -0.25) is 9.10 Å². The van der Waals surface area contributed by atoms with Crippen LogP contribution in [-0.4, -0.2) is 39.5 Å². The first kappa shape index (κ1) is 19.9. The molecule has 0 saturated heterocycles. The number of carbonyl (C=O) groups excluding carboxylic acids is 2. The molecule has 2 aromatic carbocycles. The molecule has 28 heavy (non-hydrogen) atoms. The van der Waals surface area contributed by atoms with Gasteiger partial charge in [0, 0.05) is 13.1 Å². The second-order valence-electron chi connectivity index (χ2n) is 6.43. The lowest BCUT2D eigenvalue weighted by Crippen LogP contribution is -2.35. The van der Waals surface area contributed by atoms with Gasteiger partial charge in [-0.15, -0.1) is 0 Å². The lowest BCUT2D eigenvalue weighted by Gasteiger charge is -2.20. The molecule has 7 nitrogen and oxygen atoms in total. The largest absolute Gasteiger partial charge is 0.449 e. The zero-order chi connectivity index (χ0) is 20.3. The fourth-order valence-corrected chi connectivity index (χ4v) is 4.62. The number of likely N-dealkylation sites (N-methyl/N-ethyl adjacent to an activating group) is 1. The Bertz CT molecular complexity index is 1000. The van der Waals surface area contributed by atoms with E-state index in [2.05, 4.69) is 5.32 Å². The van der Waals surface area contributed by atoms with Gasteiger partial charge in [0.1, 0.15) is 0 Å². The van der Waals surface area contributed by atoms with Crippen molar-refractivity contribution in [3.63, 3.8) is 0 Å². The van der Waals surface area contributed by atoms with Gasteiger partial charge in [0.25, 0.3) is 15.9 Å². The van der Waals surface area contributed by atoms with Crippen LogP contribution >= 0.6 is 0 Å². The van der Waals surface area contributed by atoms with Crippen molar-refractivity contribution in [1.82, 2.24) is 5.32 Å². The molecule has 148 valence electrons. The molecule has 1 amide bonds. The van der Waals surface area contributed by atoms with E-state index in [1.165, 1.54) is 35.5 Å². The zero-order valence-electron chi connectivity index (χ0n) is 15.7. The summed E-state index contributed by atoms with van der Waals surface area (Å²) in [6.07, 6.45) is -0.334. The predicted molar refractivity (Wildman–Crippen MR) is 105 cm³/mol. The standard InChI is InChI=1S/C20H22N2O5S/c1-3-21-19(23)14(2)27-20(24)16-8-6-9-17(13-16)28(25,26)22-12-11-15-7-4-5-10-18(15)22/h4-10,13-14H,3,11-12H2,1-2H3,(H,21,23)/t14-/m1/s1. The molecule has 0 aliphatic carbocycles. The fraction of sp³-hybridized carbons (Fsp3) is 0.300. The maximum Gasteiger partial charge on any atom is 0.338 e. The smallest absolute Gasteiger partial charge is 0.338 e. The van der Waals surface area contributed by atoms with Crippen molar-refractivity contribution in [2.45, 2.75) is 31.3 Å². The molecule has 0 unspecified atom stereocenters. The number of rotatable bonds is 6. The SMILES string of the molecule is CCNC(=O)[C@@H](C)OC(=O)c1cccc(S(=O)(=O)N2CCc3ccccc32)c1. The number of esters is 1. The van der Waals surface area contributed by atoms with Crippen LogP contribution in [0.3, 0.4) is 0 Å². The highest BCUT2D eigenvalue weighted by molar-refractivity contribution is 7.92. The highest BCUT2D eigenvalue weighted by Crippen LogP contribution is 2.32. The maximum absolute atomic E-state index is 13.1. The van der Waals surface area contributed by atoms with Crippen molar-refractivity contribution < 1.29 is 22.7 Å². The van der Waals surface area contributed by atoms with Crippen molar-refractivity contribution in [1.29, 1.82) is 0 Å². The molecule has 1 heterocycles. The molecule has 1 N–H and O–H groups in total. The summed E-state index contributed by atoms with van der Waals surface area (Å²) in [6.45, 7) is 4.00. The third-order valence-corrected chi connectivity index (χ3v) is 6.32. The van der Waals surface area contributed by atoms with Crippen LogP contribution in [0.25, 0.3) is 0 Å². The average Bonchev–Trinajstić information content (AvgIpc) is 3.13. The van der Waals surface area contributed by atoms with E-state index in [1.807, 2.05) is 12.1 Å². The van der Waals surface area contributed by atoms with E-state index >= 15 is 0 Å². The number of para-hydroxylation sites is 1. The van der Waals surface area contributed by atoms with Crippen LogP contribution in [0.5, 0.6) is 0 Å². The van der Waals surface area contributed by atoms with Crippen molar-refractivity contribution >= 4 is 27.6 Å². The van der Waals surface area contributed by atoms with Crippen LogP contribution in [-0.2, 0) is 26.0 Å². The van der Waals surface area contributed by atoms with E-state index in [9.17, 15) is 18.0 Å². The third-order valence-electron chi connectivity index (χ3n) is 4.51. The number of nitrogens with zero attached hydrogens (tertiary/aromatic N) is 1. The Morgan fingerprint density at radius 1 is 1.18 bits per heavy atom. The summed E-state index contributed by atoms with van der Waals surface area (Å²) < 4.78 is 32.7. The number of sulfonamides is 1. The van der Waals surface area contributed by atoms with Gasteiger partial charge in [-0.25, -0.2) is 13.2 Å². The number of fused-ring (bicyclic) bond motifs is 1. The van der Waals surface area contributed by atoms with Gasteiger partial charge in [-0.2, -0.15) is 0 Å². The van der Waals surface area contributed by atoms with Crippen LogP contribution in [0.4, 0.5) is 5.69 Å². The minimum atomic E-state index is -3.82. The predicted octanol–water partition coefficient (Wildman–Crippen LogP) is 2.12. The minimum absolute atomic E-state index is 0.00400. The lowest BCUT2D eigenvalue weighted by molar-refractivity contribution is -0.128. The highest BCUT2D eigenvalue weighted by Gasteiger charge is 2.31. The van der Waals surface area contributed by atoms with Gasteiger partial charge in [0.15, 0.2) is 6.10 Å². The maximum atomic E-state index is 13.1. The van der Waals surface area contributed by atoms with Crippen molar-refractivity contribution in [2.24, 2.45) is 0 Å². The van der Waals surface area contributed by atoms with Crippen LogP contribution in [0, 0.1) is 0 Å². The van der Waals surface area contributed by atoms with E-state index in [0.717, 1.165) is 5.56 Å². The summed E-state index contributed by atoms with van der Waals surface area (Å²) in [4.78, 5) is 24.1. The number of ether oxygens (including phenoxy) is 1. The van der Waals surface area contributed by atoms with Crippen molar-refractivity contribution in [2.75, 3.05) is 17.4 Å². The van der Waals surface area contributed by atoms with Gasteiger partial charge in [-0.05, 0) is 50.1 Å². The van der Waals surface area contributed by atoms with E-state index < -0.39 is 28.0 Å². The van der Waals surface area contributed by atoms with Crippen molar-refractivity contribution in [3.8, 4) is 0 Å². The van der Waals surface area contributed by atoms with Gasteiger partial charge < -0.3 is 10.1 Å². The molecule has 0 radical (unpaired) electrons.